The number of fused-ring (bicyclic) bond motifs is 2. The van der Waals surface area contributed by atoms with Crippen LogP contribution >= 0.6 is 0 Å². The van der Waals surface area contributed by atoms with E-state index in [1.807, 2.05) is 0 Å². The molecule has 2 heterocycles. The Balaban J connectivity index is 1.44. The summed E-state index contributed by atoms with van der Waals surface area (Å²) in [5, 5.41) is 47.0. The van der Waals surface area contributed by atoms with E-state index in [1.165, 1.54) is 41.3 Å². The SMILES string of the molecule is C=CCO[C@@]12Oc3ccc(O)cc3[C@H]3[C@H](CCCCO)[C@@H](CCCCO)C=C(C(=NOC4CCCCO4)C[C@@H]1N(Cc1ccc(F)cc1)C(=O)Oc1ccc([N+](=O)[O-])cc1)[C@H]32. The molecule has 1 saturated carbocycles. The molecule has 0 bridgehead atoms. The van der Waals surface area contributed by atoms with Gasteiger partial charge in [-0.05, 0) is 104 Å². The largest absolute Gasteiger partial charge is 0.508 e. The fourth-order valence-electron chi connectivity index (χ4n) is 9.46. The van der Waals surface area contributed by atoms with Gasteiger partial charge < -0.3 is 39.1 Å². The van der Waals surface area contributed by atoms with Crippen LogP contribution in [0, 0.1) is 33.7 Å². The number of phenols is 1. The molecule has 326 valence electrons. The number of hydrogen-bond acceptors (Lipinski definition) is 12. The van der Waals surface area contributed by atoms with Crippen LogP contribution < -0.4 is 9.47 Å². The number of carbonyl (C=O) groups excluding carboxylic acids is 1. The average Bonchev–Trinajstić information content (AvgIpc) is 3.26. The normalized spacial score (nSPS) is 26.0. The number of nitro groups is 1. The molecule has 1 saturated heterocycles. The van der Waals surface area contributed by atoms with Gasteiger partial charge in [0, 0.05) is 56.2 Å². The Morgan fingerprint density at radius 3 is 2.48 bits per heavy atom. The first-order valence-electron chi connectivity index (χ1n) is 21.2. The van der Waals surface area contributed by atoms with E-state index in [2.05, 4.69) is 12.7 Å². The molecule has 7 rings (SSSR count). The number of ether oxygens (including phenoxy) is 4. The number of nitro benzene ring substituents is 1. The van der Waals surface area contributed by atoms with E-state index in [0.717, 1.165) is 36.8 Å². The maximum Gasteiger partial charge on any atom is 0.416 e. The summed E-state index contributed by atoms with van der Waals surface area (Å²) in [5.41, 5.74) is 2.48. The molecule has 15 heteroatoms. The molecule has 14 nitrogen and oxygen atoms in total. The van der Waals surface area contributed by atoms with Gasteiger partial charge in [-0.1, -0.05) is 42.3 Å². The number of aromatic hydroxyl groups is 1. The van der Waals surface area contributed by atoms with Crippen LogP contribution in [0.2, 0.25) is 0 Å². The Hall–Kier alpha value is -5.35. The van der Waals surface area contributed by atoms with Gasteiger partial charge in [-0.3, -0.25) is 15.0 Å². The Morgan fingerprint density at radius 1 is 1.03 bits per heavy atom. The molecule has 3 aromatic rings. The standard InChI is InChI=1S/C46H54FN3O11/c1-2-24-58-46-41(49(29-30-12-14-32(47)15-13-30)45(54)59-35-19-16-33(17-20-35)50(55)56)28-39(48-61-42-11-5-8-25-57-42)37-26-31(9-3-6-22-51)36(10-4-7-23-52)43(44(37)46)38-27-34(53)18-21-40(38)60-46/h2,12-21,26-27,31,36,41-44,51-53H,1,3-11,22-25,28-29H2/t31-,36+,41-,42?,43+,44+,46+/m0/s1. The highest BCUT2D eigenvalue weighted by molar-refractivity contribution is 6.03. The smallest absolute Gasteiger partial charge is 0.416 e. The predicted molar refractivity (Wildman–Crippen MR) is 222 cm³/mol. The summed E-state index contributed by atoms with van der Waals surface area (Å²) in [6.07, 6.45) is 9.00. The van der Waals surface area contributed by atoms with Crippen molar-refractivity contribution in [2.45, 2.75) is 94.8 Å². The van der Waals surface area contributed by atoms with Crippen molar-refractivity contribution in [3.05, 3.63) is 118 Å². The molecule has 1 unspecified atom stereocenters. The number of rotatable bonds is 18. The molecule has 0 spiro atoms. The molecule has 2 aliphatic carbocycles. The van der Waals surface area contributed by atoms with Gasteiger partial charge in [0.1, 0.15) is 29.1 Å². The van der Waals surface area contributed by atoms with Gasteiger partial charge in [-0.25, -0.2) is 9.18 Å². The van der Waals surface area contributed by atoms with Crippen molar-refractivity contribution in [1.29, 1.82) is 0 Å². The van der Waals surface area contributed by atoms with Gasteiger partial charge in [0.25, 0.3) is 5.69 Å². The van der Waals surface area contributed by atoms with E-state index in [4.69, 9.17) is 28.9 Å². The third-order valence-corrected chi connectivity index (χ3v) is 12.2. The Morgan fingerprint density at radius 2 is 1.79 bits per heavy atom. The highest BCUT2D eigenvalue weighted by atomic mass is 19.1. The maximum atomic E-state index is 14.9. The molecular formula is C46H54FN3O11. The molecule has 2 fully saturated rings. The van der Waals surface area contributed by atoms with Crippen molar-refractivity contribution in [3.8, 4) is 17.2 Å². The number of nitrogens with zero attached hydrogens (tertiary/aromatic N) is 3. The molecule has 0 radical (unpaired) electrons. The third-order valence-electron chi connectivity index (χ3n) is 12.2. The van der Waals surface area contributed by atoms with Crippen LogP contribution in [0.3, 0.4) is 0 Å². The van der Waals surface area contributed by atoms with Crippen LogP contribution in [-0.2, 0) is 20.9 Å². The second-order valence-electron chi connectivity index (χ2n) is 16.1. The quantitative estimate of drug-likeness (QED) is 0.0485. The summed E-state index contributed by atoms with van der Waals surface area (Å²) in [5.74, 6) is -2.69. The zero-order valence-corrected chi connectivity index (χ0v) is 34.1. The number of non-ortho nitro benzene ring substituents is 1. The van der Waals surface area contributed by atoms with Gasteiger partial charge in [-0.15, -0.1) is 6.58 Å². The summed E-state index contributed by atoms with van der Waals surface area (Å²) in [6.45, 7) is 4.48. The lowest BCUT2D eigenvalue weighted by Gasteiger charge is -2.59. The van der Waals surface area contributed by atoms with Crippen molar-refractivity contribution >= 4 is 17.5 Å². The van der Waals surface area contributed by atoms with Crippen LogP contribution in [-0.4, -0.2) is 81.5 Å². The molecular weight excluding hydrogens is 790 g/mol. The lowest BCUT2D eigenvalue weighted by molar-refractivity contribution is -0.384. The Labute approximate surface area is 354 Å². The van der Waals surface area contributed by atoms with Crippen LogP contribution in [0.1, 0.15) is 81.3 Å². The van der Waals surface area contributed by atoms with E-state index in [9.17, 15) is 34.6 Å². The van der Waals surface area contributed by atoms with Gasteiger partial charge in [-0.2, -0.15) is 0 Å². The van der Waals surface area contributed by atoms with E-state index < -0.39 is 40.9 Å². The van der Waals surface area contributed by atoms with Gasteiger partial charge in [0.05, 0.1) is 29.8 Å². The maximum absolute atomic E-state index is 14.9. The molecule has 0 aromatic heterocycles. The third kappa shape index (κ3) is 9.75. The number of benzene rings is 3. The summed E-state index contributed by atoms with van der Waals surface area (Å²) < 4.78 is 40.4. The minimum absolute atomic E-state index is 0.0101. The van der Waals surface area contributed by atoms with Crippen LogP contribution in [0.15, 0.2) is 96.2 Å². The Kier molecular flexibility index (Phi) is 14.3. The molecule has 3 N–H and O–H groups in total. The summed E-state index contributed by atoms with van der Waals surface area (Å²) in [7, 11) is 0. The van der Waals surface area contributed by atoms with Crippen molar-refractivity contribution < 1.29 is 53.2 Å². The van der Waals surface area contributed by atoms with Gasteiger partial charge in [0.2, 0.25) is 12.1 Å². The number of phenolic OH excluding ortho intramolecular Hbond substituents is 1. The minimum Gasteiger partial charge on any atom is -0.508 e. The number of oxime groups is 1. The molecule has 61 heavy (non-hydrogen) atoms. The van der Waals surface area contributed by atoms with Gasteiger partial charge in [0.15, 0.2) is 0 Å². The fraction of sp³-hybridized carbons (Fsp3) is 0.478. The second-order valence-corrected chi connectivity index (χ2v) is 16.1. The summed E-state index contributed by atoms with van der Waals surface area (Å²) >= 11 is 0. The van der Waals surface area contributed by atoms with Crippen molar-refractivity contribution in [2.24, 2.45) is 22.9 Å². The first-order chi connectivity index (χ1) is 29.6. The zero-order chi connectivity index (χ0) is 42.9. The van der Waals surface area contributed by atoms with Crippen LogP contribution in [0.4, 0.5) is 14.9 Å². The minimum atomic E-state index is -1.64. The fourth-order valence-corrected chi connectivity index (χ4v) is 9.46. The Bertz CT molecular complexity index is 2060. The van der Waals surface area contributed by atoms with E-state index in [0.29, 0.717) is 55.7 Å². The highest BCUT2D eigenvalue weighted by Gasteiger charge is 2.65. The van der Waals surface area contributed by atoms with Crippen molar-refractivity contribution in [3.63, 3.8) is 0 Å². The van der Waals surface area contributed by atoms with Crippen LogP contribution in [0.25, 0.3) is 0 Å². The highest BCUT2D eigenvalue weighted by Crippen LogP contribution is 2.62. The second kappa shape index (κ2) is 20.0. The number of amides is 1. The molecule has 3 aromatic carbocycles. The predicted octanol–water partition coefficient (Wildman–Crippen LogP) is 8.30. The molecule has 7 atom stereocenters. The first kappa shape index (κ1) is 43.7. The topological polar surface area (TPSA) is 183 Å². The van der Waals surface area contributed by atoms with E-state index in [1.54, 1.807) is 36.4 Å². The number of aliphatic hydroxyl groups excluding tert-OH is 2. The molecule has 4 aliphatic rings. The van der Waals surface area contributed by atoms with Crippen LogP contribution in [0.5, 0.6) is 17.2 Å². The molecule has 1 amide bonds. The van der Waals surface area contributed by atoms with E-state index >= 15 is 0 Å². The number of hydrogen-bond donors (Lipinski definition) is 3. The zero-order valence-electron chi connectivity index (χ0n) is 34.1. The van der Waals surface area contributed by atoms with Crippen molar-refractivity contribution in [2.75, 3.05) is 26.4 Å². The average molecular weight is 844 g/mol. The van der Waals surface area contributed by atoms with Gasteiger partial charge >= 0.3 is 6.09 Å². The number of allylic oxidation sites excluding steroid dienone is 1. The number of carbonyl (C=O) groups is 1. The summed E-state index contributed by atoms with van der Waals surface area (Å²) in [6, 6.07) is 14.9. The number of unbranched alkanes of at least 4 members (excludes halogenated alkanes) is 2. The lowest BCUT2D eigenvalue weighted by Crippen LogP contribution is -2.70. The number of aliphatic hydroxyl groups is 2. The van der Waals surface area contributed by atoms with Crippen molar-refractivity contribution in [1.82, 2.24) is 4.90 Å². The lowest BCUT2D eigenvalue weighted by atomic mass is 9.55. The molecule has 2 aliphatic heterocycles. The first-order valence-corrected chi connectivity index (χ1v) is 21.2. The monoisotopic (exact) mass is 843 g/mol. The summed E-state index contributed by atoms with van der Waals surface area (Å²) in [4.78, 5) is 33.4. The van der Waals surface area contributed by atoms with E-state index in [-0.39, 0.29) is 67.7 Å². The number of halogens is 1.